The number of hydrogen-bond acceptors (Lipinski definition) is 7. The zero-order chi connectivity index (χ0) is 21.7. The molecule has 1 saturated carbocycles. The molecule has 3 heterocycles. The molecule has 1 aliphatic heterocycles. The first-order chi connectivity index (χ1) is 15.7. The predicted molar refractivity (Wildman–Crippen MR) is 122 cm³/mol. The van der Waals surface area contributed by atoms with Crippen LogP contribution in [-0.2, 0) is 11.2 Å². The van der Waals surface area contributed by atoms with Crippen LogP contribution in [0.1, 0.15) is 31.1 Å². The summed E-state index contributed by atoms with van der Waals surface area (Å²) in [6.45, 7) is 1.04. The van der Waals surface area contributed by atoms with E-state index in [1.807, 2.05) is 30.3 Å². The SMILES string of the molecule is O=C(CCc1nc2ccccc2c(=O)n1C1CC1)Nc1nc2cc3c(cc2s1)OCCO3. The maximum Gasteiger partial charge on any atom is 0.261 e. The van der Waals surface area contributed by atoms with Gasteiger partial charge in [0.1, 0.15) is 19.0 Å². The van der Waals surface area contributed by atoms with E-state index in [2.05, 4.69) is 10.3 Å². The second kappa shape index (κ2) is 7.59. The molecule has 1 aliphatic carbocycles. The van der Waals surface area contributed by atoms with E-state index in [1.165, 1.54) is 11.3 Å². The fraction of sp³-hybridized carbons (Fsp3) is 0.304. The fourth-order valence-corrected chi connectivity index (χ4v) is 4.90. The molecule has 0 saturated heterocycles. The number of aryl methyl sites for hydroxylation is 1. The van der Waals surface area contributed by atoms with Gasteiger partial charge in [-0.1, -0.05) is 23.5 Å². The van der Waals surface area contributed by atoms with Crippen LogP contribution in [-0.4, -0.2) is 33.7 Å². The molecule has 4 aromatic rings. The van der Waals surface area contributed by atoms with E-state index in [9.17, 15) is 9.59 Å². The molecule has 1 amide bonds. The summed E-state index contributed by atoms with van der Waals surface area (Å²) in [5.41, 5.74) is 1.41. The van der Waals surface area contributed by atoms with Crippen molar-refractivity contribution in [2.45, 2.75) is 31.7 Å². The number of nitrogens with one attached hydrogen (secondary N) is 1. The molecule has 2 aliphatic rings. The van der Waals surface area contributed by atoms with E-state index in [0.717, 1.165) is 23.1 Å². The number of fused-ring (bicyclic) bond motifs is 3. The molecule has 8 nitrogen and oxygen atoms in total. The summed E-state index contributed by atoms with van der Waals surface area (Å²) in [7, 11) is 0. The number of carbonyl (C=O) groups excluding carboxylic acids is 1. The molecule has 1 fully saturated rings. The first kappa shape index (κ1) is 19.2. The number of carbonyl (C=O) groups is 1. The molecule has 0 unspecified atom stereocenters. The monoisotopic (exact) mass is 448 g/mol. The summed E-state index contributed by atoms with van der Waals surface area (Å²) < 4.78 is 13.9. The molecule has 6 rings (SSSR count). The Morgan fingerprint density at radius 1 is 1.09 bits per heavy atom. The van der Waals surface area contributed by atoms with Crippen molar-refractivity contribution in [3.63, 3.8) is 0 Å². The minimum Gasteiger partial charge on any atom is -0.486 e. The average Bonchev–Trinajstić information content (AvgIpc) is 3.56. The molecule has 9 heteroatoms. The number of anilines is 1. The Labute approximate surface area is 186 Å². The fourth-order valence-electron chi connectivity index (χ4n) is 4.00. The smallest absolute Gasteiger partial charge is 0.261 e. The van der Waals surface area contributed by atoms with E-state index >= 15 is 0 Å². The molecule has 1 N–H and O–H groups in total. The number of ether oxygens (including phenoxy) is 2. The molecular formula is C23H20N4O4S. The van der Waals surface area contributed by atoms with E-state index in [0.29, 0.717) is 53.0 Å². The highest BCUT2D eigenvalue weighted by Gasteiger charge is 2.28. The summed E-state index contributed by atoms with van der Waals surface area (Å²) in [6, 6.07) is 11.3. The van der Waals surface area contributed by atoms with Gasteiger partial charge in [0.15, 0.2) is 16.6 Å². The zero-order valence-corrected chi connectivity index (χ0v) is 18.0. The van der Waals surface area contributed by atoms with Gasteiger partial charge in [0.2, 0.25) is 5.91 Å². The third-order valence-electron chi connectivity index (χ3n) is 5.67. The Bertz CT molecular complexity index is 1380. The molecule has 32 heavy (non-hydrogen) atoms. The molecule has 162 valence electrons. The van der Waals surface area contributed by atoms with Gasteiger partial charge in [-0.25, -0.2) is 9.97 Å². The molecule has 0 bridgehead atoms. The minimum atomic E-state index is -0.161. The van der Waals surface area contributed by atoms with Crippen LogP contribution < -0.4 is 20.3 Å². The predicted octanol–water partition coefficient (Wildman–Crippen LogP) is 3.68. The van der Waals surface area contributed by atoms with Crippen molar-refractivity contribution in [2.24, 2.45) is 0 Å². The summed E-state index contributed by atoms with van der Waals surface area (Å²) >= 11 is 1.39. The summed E-state index contributed by atoms with van der Waals surface area (Å²) in [5, 5.41) is 4.03. The number of aromatic nitrogens is 3. The quantitative estimate of drug-likeness (QED) is 0.500. The van der Waals surface area contributed by atoms with Gasteiger partial charge in [-0.3, -0.25) is 14.2 Å². The van der Waals surface area contributed by atoms with Crippen LogP contribution in [0.25, 0.3) is 21.1 Å². The van der Waals surface area contributed by atoms with Crippen LogP contribution >= 0.6 is 11.3 Å². The number of para-hydroxylation sites is 1. The van der Waals surface area contributed by atoms with Crippen molar-refractivity contribution in [3.05, 3.63) is 52.6 Å². The number of nitrogens with zero attached hydrogens (tertiary/aromatic N) is 3. The summed E-state index contributed by atoms with van der Waals surface area (Å²) in [6.07, 6.45) is 2.56. The van der Waals surface area contributed by atoms with Crippen molar-refractivity contribution in [1.29, 1.82) is 0 Å². The van der Waals surface area contributed by atoms with Gasteiger partial charge in [0.05, 0.1) is 21.1 Å². The second-order valence-electron chi connectivity index (χ2n) is 7.98. The first-order valence-corrected chi connectivity index (χ1v) is 11.5. The van der Waals surface area contributed by atoms with Crippen LogP contribution in [0.4, 0.5) is 5.13 Å². The normalized spacial score (nSPS) is 15.2. The number of hydrogen-bond donors (Lipinski definition) is 1. The van der Waals surface area contributed by atoms with Gasteiger partial charge in [0, 0.05) is 31.0 Å². The van der Waals surface area contributed by atoms with Crippen LogP contribution in [0.2, 0.25) is 0 Å². The zero-order valence-electron chi connectivity index (χ0n) is 17.2. The average molecular weight is 449 g/mol. The molecule has 2 aromatic heterocycles. The largest absolute Gasteiger partial charge is 0.486 e. The highest BCUT2D eigenvalue weighted by molar-refractivity contribution is 7.22. The summed E-state index contributed by atoms with van der Waals surface area (Å²) in [5.74, 6) is 1.88. The van der Waals surface area contributed by atoms with Gasteiger partial charge < -0.3 is 14.8 Å². The van der Waals surface area contributed by atoms with Crippen LogP contribution in [0.5, 0.6) is 11.5 Å². The molecule has 2 aromatic carbocycles. The highest BCUT2D eigenvalue weighted by Crippen LogP contribution is 2.38. The molecule has 0 spiro atoms. The van der Waals surface area contributed by atoms with Crippen LogP contribution in [0.15, 0.2) is 41.2 Å². The lowest BCUT2D eigenvalue weighted by Gasteiger charge is -2.17. The maximum absolute atomic E-state index is 13.0. The lowest BCUT2D eigenvalue weighted by molar-refractivity contribution is -0.116. The van der Waals surface area contributed by atoms with Gasteiger partial charge in [-0.05, 0) is 25.0 Å². The highest BCUT2D eigenvalue weighted by atomic mass is 32.1. The number of rotatable bonds is 5. The van der Waals surface area contributed by atoms with Gasteiger partial charge in [0.25, 0.3) is 5.56 Å². The van der Waals surface area contributed by atoms with E-state index < -0.39 is 0 Å². The van der Waals surface area contributed by atoms with Crippen molar-refractivity contribution in [2.75, 3.05) is 18.5 Å². The Balaban J connectivity index is 1.21. The topological polar surface area (TPSA) is 95.3 Å². The molecular weight excluding hydrogens is 428 g/mol. The van der Waals surface area contributed by atoms with Crippen molar-refractivity contribution in [3.8, 4) is 11.5 Å². The van der Waals surface area contributed by atoms with Gasteiger partial charge in [-0.15, -0.1) is 0 Å². The van der Waals surface area contributed by atoms with Crippen LogP contribution in [0.3, 0.4) is 0 Å². The maximum atomic E-state index is 13.0. The minimum absolute atomic E-state index is 0.0203. The van der Waals surface area contributed by atoms with E-state index in [-0.39, 0.29) is 23.9 Å². The van der Waals surface area contributed by atoms with Crippen LogP contribution in [0, 0.1) is 0 Å². The third kappa shape index (κ3) is 3.48. The van der Waals surface area contributed by atoms with Crippen molar-refractivity contribution >= 4 is 43.5 Å². The van der Waals surface area contributed by atoms with Gasteiger partial charge >= 0.3 is 0 Å². The number of benzene rings is 2. The lowest BCUT2D eigenvalue weighted by atomic mass is 10.2. The lowest BCUT2D eigenvalue weighted by Crippen LogP contribution is -2.25. The number of amides is 1. The van der Waals surface area contributed by atoms with Gasteiger partial charge in [-0.2, -0.15) is 0 Å². The Hall–Kier alpha value is -3.46. The van der Waals surface area contributed by atoms with E-state index in [1.54, 1.807) is 10.6 Å². The molecule has 0 radical (unpaired) electrons. The first-order valence-electron chi connectivity index (χ1n) is 10.7. The summed E-state index contributed by atoms with van der Waals surface area (Å²) in [4.78, 5) is 34.8. The Kier molecular flexibility index (Phi) is 4.57. The van der Waals surface area contributed by atoms with Crippen molar-refractivity contribution in [1.82, 2.24) is 14.5 Å². The third-order valence-corrected chi connectivity index (χ3v) is 6.60. The second-order valence-corrected chi connectivity index (χ2v) is 9.01. The van der Waals surface area contributed by atoms with Crippen molar-refractivity contribution < 1.29 is 14.3 Å². The molecule has 0 atom stereocenters. The van der Waals surface area contributed by atoms with E-state index in [4.69, 9.17) is 14.5 Å². The standard InChI is InChI=1S/C23H20N4O4S/c28-21(26-23-25-16-11-17-18(12-19(16)32-23)31-10-9-30-17)8-7-20-24-15-4-2-1-3-14(15)22(29)27(20)13-5-6-13/h1-4,11-13H,5-10H2,(H,25,26,28). The Morgan fingerprint density at radius 3 is 2.69 bits per heavy atom. The Morgan fingerprint density at radius 2 is 1.88 bits per heavy atom. The number of thiazole rings is 1.